The maximum atomic E-state index is 13.3. The normalized spacial score (nSPS) is 15.5. The molecule has 4 rings (SSSR count). The minimum atomic E-state index is -3.82. The van der Waals surface area contributed by atoms with Crippen LogP contribution >= 0.6 is 11.3 Å². The molecule has 200 valence electrons. The number of thiophene rings is 1. The van der Waals surface area contributed by atoms with Crippen molar-refractivity contribution in [3.05, 3.63) is 81.5 Å². The van der Waals surface area contributed by atoms with E-state index in [1.807, 2.05) is 36.4 Å². The molecule has 1 aliphatic heterocycles. The first-order chi connectivity index (χ1) is 18.3. The second-order valence-corrected chi connectivity index (χ2v) is 11.5. The third-order valence-electron chi connectivity index (χ3n) is 6.37. The topological polar surface area (TPSA) is 109 Å². The molecule has 3 aromatic rings. The Balaban J connectivity index is 1.44. The molecule has 0 bridgehead atoms. The van der Waals surface area contributed by atoms with Crippen LogP contribution in [0.4, 0.5) is 0 Å². The third kappa shape index (κ3) is 6.40. The number of esters is 1. The summed E-state index contributed by atoms with van der Waals surface area (Å²) in [5, 5.41) is 10.6. The molecule has 1 aromatic heterocycles. The van der Waals surface area contributed by atoms with Gasteiger partial charge in [0.15, 0.2) is 0 Å². The summed E-state index contributed by atoms with van der Waals surface area (Å²) in [6.45, 7) is 2.52. The summed E-state index contributed by atoms with van der Waals surface area (Å²) in [7, 11) is -0.973. The van der Waals surface area contributed by atoms with Crippen molar-refractivity contribution in [3.63, 3.8) is 0 Å². The third-order valence-corrected chi connectivity index (χ3v) is 9.34. The molecule has 2 heterocycles. The number of hydrogen-bond acceptors (Lipinski definition) is 9. The molecule has 38 heavy (non-hydrogen) atoms. The highest BCUT2D eigenvalue weighted by Gasteiger charge is 2.33. The van der Waals surface area contributed by atoms with E-state index in [1.165, 1.54) is 17.5 Å². The van der Waals surface area contributed by atoms with Crippen molar-refractivity contribution in [2.75, 3.05) is 46.9 Å². The van der Waals surface area contributed by atoms with Gasteiger partial charge >= 0.3 is 5.97 Å². The van der Waals surface area contributed by atoms with Gasteiger partial charge in [0.2, 0.25) is 10.0 Å². The summed E-state index contributed by atoms with van der Waals surface area (Å²) in [6.07, 6.45) is -0.285. The van der Waals surface area contributed by atoms with E-state index in [9.17, 15) is 13.2 Å². The van der Waals surface area contributed by atoms with Gasteiger partial charge in [0, 0.05) is 32.7 Å². The predicted octanol–water partition coefficient (Wildman–Crippen LogP) is 3.68. The van der Waals surface area contributed by atoms with E-state index in [4.69, 9.17) is 19.5 Å². The fourth-order valence-electron chi connectivity index (χ4n) is 4.24. The van der Waals surface area contributed by atoms with Gasteiger partial charge < -0.3 is 14.2 Å². The van der Waals surface area contributed by atoms with Crippen LogP contribution in [0.5, 0.6) is 5.75 Å². The molecule has 2 aromatic carbocycles. The molecule has 11 heteroatoms. The summed E-state index contributed by atoms with van der Waals surface area (Å²) in [5.74, 6) is 0.0697. The first kappa shape index (κ1) is 27.8. The highest BCUT2D eigenvalue weighted by molar-refractivity contribution is 7.89. The standard InChI is InChI=1S/C27H29N3O6S2/c1-34-23-5-3-4-22(16-23)24(36-19-21-8-6-20(17-28)7-9-21)18-29-11-13-30(14-12-29)38(32,33)25-10-15-37-26(25)27(31)35-2/h3-10,15-16,24H,11-14,18-19H2,1-2H3. The zero-order valence-corrected chi connectivity index (χ0v) is 22.8. The maximum Gasteiger partial charge on any atom is 0.349 e. The highest BCUT2D eigenvalue weighted by atomic mass is 32.2. The number of carbonyl (C=O) groups is 1. The van der Waals surface area contributed by atoms with Crippen LogP contribution in [0.2, 0.25) is 0 Å². The average molecular weight is 556 g/mol. The van der Waals surface area contributed by atoms with Gasteiger partial charge in [-0.15, -0.1) is 11.3 Å². The van der Waals surface area contributed by atoms with Crippen LogP contribution in [-0.4, -0.2) is 70.5 Å². The van der Waals surface area contributed by atoms with E-state index in [0.29, 0.717) is 44.9 Å². The zero-order chi connectivity index (χ0) is 27.1. The molecule has 9 nitrogen and oxygen atoms in total. The second kappa shape index (κ2) is 12.5. The van der Waals surface area contributed by atoms with Crippen molar-refractivity contribution < 1.29 is 27.4 Å². The van der Waals surface area contributed by atoms with Crippen molar-refractivity contribution in [1.29, 1.82) is 5.26 Å². The summed E-state index contributed by atoms with van der Waals surface area (Å²) >= 11 is 1.05. The SMILES string of the molecule is COC(=O)c1sccc1S(=O)(=O)N1CCN(CC(OCc2ccc(C#N)cc2)c2cccc(OC)c2)CC1. The molecule has 1 saturated heterocycles. The van der Waals surface area contributed by atoms with Gasteiger partial charge in [0.1, 0.15) is 15.5 Å². The maximum absolute atomic E-state index is 13.3. The van der Waals surface area contributed by atoms with Crippen molar-refractivity contribution in [3.8, 4) is 11.8 Å². The molecule has 0 aliphatic carbocycles. The summed E-state index contributed by atoms with van der Waals surface area (Å²) in [4.78, 5) is 14.3. The van der Waals surface area contributed by atoms with Gasteiger partial charge in [-0.05, 0) is 46.8 Å². The average Bonchev–Trinajstić information content (AvgIpc) is 3.46. The van der Waals surface area contributed by atoms with Crippen LogP contribution < -0.4 is 4.74 Å². The molecule has 1 unspecified atom stereocenters. The van der Waals surface area contributed by atoms with Crippen LogP contribution in [0.25, 0.3) is 0 Å². The monoisotopic (exact) mass is 555 g/mol. The highest BCUT2D eigenvalue weighted by Crippen LogP contribution is 2.28. The number of rotatable bonds is 10. The summed E-state index contributed by atoms with van der Waals surface area (Å²) < 4.78 is 44.4. The Kier molecular flexibility index (Phi) is 9.14. The summed E-state index contributed by atoms with van der Waals surface area (Å²) in [6, 6.07) is 18.5. The Labute approximate surface area is 226 Å². The number of hydrogen-bond donors (Lipinski definition) is 0. The Bertz CT molecular complexity index is 1390. The lowest BCUT2D eigenvalue weighted by Crippen LogP contribution is -2.49. The molecule has 0 N–H and O–H groups in total. The Morgan fingerprint density at radius 1 is 1.08 bits per heavy atom. The number of piperazine rings is 1. The summed E-state index contributed by atoms with van der Waals surface area (Å²) in [5.41, 5.74) is 2.49. The van der Waals surface area contributed by atoms with Gasteiger partial charge in [0.05, 0.1) is 38.6 Å². The number of ether oxygens (including phenoxy) is 3. The van der Waals surface area contributed by atoms with Crippen molar-refractivity contribution in [2.24, 2.45) is 0 Å². The number of sulfonamides is 1. The van der Waals surface area contributed by atoms with Crippen LogP contribution in [0, 0.1) is 11.3 Å². The Morgan fingerprint density at radius 3 is 2.47 bits per heavy atom. The minimum Gasteiger partial charge on any atom is -0.497 e. The molecule has 1 aliphatic rings. The molecule has 1 atom stereocenters. The van der Waals surface area contributed by atoms with Crippen LogP contribution in [0.3, 0.4) is 0 Å². The van der Waals surface area contributed by atoms with E-state index in [2.05, 4.69) is 11.0 Å². The van der Waals surface area contributed by atoms with Gasteiger partial charge in [-0.3, -0.25) is 4.90 Å². The van der Waals surface area contributed by atoms with E-state index >= 15 is 0 Å². The second-order valence-electron chi connectivity index (χ2n) is 8.70. The van der Waals surface area contributed by atoms with E-state index in [-0.39, 0.29) is 15.9 Å². The van der Waals surface area contributed by atoms with Gasteiger partial charge in [-0.2, -0.15) is 9.57 Å². The van der Waals surface area contributed by atoms with Gasteiger partial charge in [-0.1, -0.05) is 24.3 Å². The number of methoxy groups -OCH3 is 2. The minimum absolute atomic E-state index is 0.0113. The first-order valence-corrected chi connectivity index (χ1v) is 14.3. The molecule has 1 fully saturated rings. The van der Waals surface area contributed by atoms with E-state index in [0.717, 1.165) is 28.2 Å². The Hall–Kier alpha value is -3.27. The molecule has 0 radical (unpaired) electrons. The first-order valence-electron chi connectivity index (χ1n) is 12.0. The number of nitrogens with zero attached hydrogens (tertiary/aromatic N) is 3. The van der Waals surface area contributed by atoms with Crippen LogP contribution in [0.1, 0.15) is 32.5 Å². The number of benzene rings is 2. The van der Waals surface area contributed by atoms with Crippen molar-refractivity contribution >= 4 is 27.3 Å². The van der Waals surface area contributed by atoms with Gasteiger partial charge in [-0.25, -0.2) is 13.2 Å². The smallest absolute Gasteiger partial charge is 0.349 e. The Morgan fingerprint density at radius 2 is 1.82 bits per heavy atom. The van der Waals surface area contributed by atoms with Crippen molar-refractivity contribution in [1.82, 2.24) is 9.21 Å². The lowest BCUT2D eigenvalue weighted by atomic mass is 10.1. The lowest BCUT2D eigenvalue weighted by Gasteiger charge is -2.35. The molecule has 0 amide bonds. The molecule has 0 saturated carbocycles. The lowest BCUT2D eigenvalue weighted by molar-refractivity contribution is 0.00762. The van der Waals surface area contributed by atoms with E-state index < -0.39 is 16.0 Å². The van der Waals surface area contributed by atoms with Gasteiger partial charge in [0.25, 0.3) is 0 Å². The number of carbonyl (C=O) groups excluding carboxylic acids is 1. The largest absolute Gasteiger partial charge is 0.497 e. The molecular formula is C27H29N3O6S2. The predicted molar refractivity (Wildman–Crippen MR) is 143 cm³/mol. The van der Waals surface area contributed by atoms with Crippen LogP contribution in [-0.2, 0) is 26.1 Å². The molecule has 0 spiro atoms. The quantitative estimate of drug-likeness (QED) is 0.349. The fraction of sp³-hybridized carbons (Fsp3) is 0.333. The van der Waals surface area contributed by atoms with Crippen molar-refractivity contribution in [2.45, 2.75) is 17.6 Å². The zero-order valence-electron chi connectivity index (χ0n) is 21.2. The van der Waals surface area contributed by atoms with E-state index in [1.54, 1.807) is 24.6 Å². The molecular weight excluding hydrogens is 526 g/mol. The van der Waals surface area contributed by atoms with Crippen LogP contribution in [0.15, 0.2) is 64.9 Å². The number of nitriles is 1. The fourth-order valence-corrected chi connectivity index (χ4v) is 6.97.